The third kappa shape index (κ3) is 8.30. The van der Waals surface area contributed by atoms with Gasteiger partial charge in [-0.2, -0.15) is 0 Å². The van der Waals surface area contributed by atoms with Crippen LogP contribution in [0.4, 0.5) is 4.79 Å². The first kappa shape index (κ1) is 31.1. The molecule has 0 aliphatic heterocycles. The molecule has 0 heterocycles. The Morgan fingerprint density at radius 3 is 2.20 bits per heavy atom. The van der Waals surface area contributed by atoms with Crippen LogP contribution in [0.1, 0.15) is 48.4 Å². The summed E-state index contributed by atoms with van der Waals surface area (Å²) >= 11 is 6.06. The average molecular weight is 587 g/mol. The molecular formula is C30H35ClN2O6S. The number of halogens is 1. The van der Waals surface area contributed by atoms with Gasteiger partial charge in [0.25, 0.3) is 5.91 Å². The lowest BCUT2D eigenvalue weighted by molar-refractivity contribution is 0.0147. The number of nitrogens with zero attached hydrogens (tertiary/aromatic N) is 2. The SMILES string of the molecule is CN(C)C(=O)c1cccc(S(=O)(=O)c2ccc(CCN(CC(O)c3cccc(Cl)c3)C(=O)OC(C)(C)C)cc2)c1. The van der Waals surface area contributed by atoms with Gasteiger partial charge in [-0.1, -0.05) is 41.9 Å². The van der Waals surface area contributed by atoms with Crippen molar-refractivity contribution in [2.75, 3.05) is 27.2 Å². The zero-order chi connectivity index (χ0) is 29.7. The van der Waals surface area contributed by atoms with Crippen molar-refractivity contribution in [1.82, 2.24) is 9.80 Å². The summed E-state index contributed by atoms with van der Waals surface area (Å²) in [6.45, 7) is 5.52. The molecule has 0 fully saturated rings. The summed E-state index contributed by atoms with van der Waals surface area (Å²) in [4.78, 5) is 28.2. The van der Waals surface area contributed by atoms with E-state index in [9.17, 15) is 23.1 Å². The lowest BCUT2D eigenvalue weighted by atomic mass is 10.1. The van der Waals surface area contributed by atoms with Crippen LogP contribution in [0.5, 0.6) is 0 Å². The van der Waals surface area contributed by atoms with Gasteiger partial charge in [-0.15, -0.1) is 0 Å². The van der Waals surface area contributed by atoms with E-state index >= 15 is 0 Å². The smallest absolute Gasteiger partial charge is 0.410 e. The maximum atomic E-state index is 13.2. The summed E-state index contributed by atoms with van der Waals surface area (Å²) in [5.74, 6) is -0.289. The van der Waals surface area contributed by atoms with Crippen molar-refractivity contribution in [3.05, 3.63) is 94.5 Å². The Bertz CT molecular complexity index is 1450. The van der Waals surface area contributed by atoms with Gasteiger partial charge >= 0.3 is 6.09 Å². The minimum absolute atomic E-state index is 0.0102. The standard InChI is InChI=1S/C30H35ClN2O6S/c1-30(2,3)39-29(36)33(20-27(34)22-8-6-10-24(31)18-22)17-16-21-12-14-25(15-13-21)40(37,38)26-11-7-9-23(19-26)28(35)32(4)5/h6-15,18-19,27,34H,16-17,20H2,1-5H3. The molecule has 1 unspecified atom stereocenters. The number of carbonyl (C=O) groups is 2. The van der Waals surface area contributed by atoms with Crippen molar-refractivity contribution in [3.8, 4) is 0 Å². The highest BCUT2D eigenvalue weighted by Crippen LogP contribution is 2.24. The van der Waals surface area contributed by atoms with Crippen molar-refractivity contribution < 1.29 is 27.9 Å². The number of hydrogen-bond donors (Lipinski definition) is 1. The second-order valence-electron chi connectivity index (χ2n) is 10.6. The summed E-state index contributed by atoms with van der Waals surface area (Å²) in [5.41, 5.74) is 0.930. The van der Waals surface area contributed by atoms with Gasteiger partial charge in [0, 0.05) is 31.2 Å². The van der Waals surface area contributed by atoms with E-state index in [2.05, 4.69) is 0 Å². The number of benzene rings is 3. The summed E-state index contributed by atoms with van der Waals surface area (Å²) in [6.07, 6.45) is -1.15. The number of sulfone groups is 1. The zero-order valence-corrected chi connectivity index (χ0v) is 24.9. The molecule has 1 N–H and O–H groups in total. The Balaban J connectivity index is 1.76. The van der Waals surface area contributed by atoms with Gasteiger partial charge in [0.15, 0.2) is 0 Å². The molecule has 40 heavy (non-hydrogen) atoms. The van der Waals surface area contributed by atoms with Crippen LogP contribution < -0.4 is 0 Å². The van der Waals surface area contributed by atoms with Crippen molar-refractivity contribution in [1.29, 1.82) is 0 Å². The monoisotopic (exact) mass is 586 g/mol. The molecule has 10 heteroatoms. The first-order valence-electron chi connectivity index (χ1n) is 12.7. The molecule has 2 amide bonds. The van der Waals surface area contributed by atoms with Gasteiger partial charge in [-0.3, -0.25) is 4.79 Å². The number of aliphatic hydroxyl groups excluding tert-OH is 1. The van der Waals surface area contributed by atoms with Crippen LogP contribution in [-0.2, 0) is 21.0 Å². The first-order valence-corrected chi connectivity index (χ1v) is 14.6. The molecule has 8 nitrogen and oxygen atoms in total. The van der Waals surface area contributed by atoms with E-state index in [-0.39, 0.29) is 34.4 Å². The van der Waals surface area contributed by atoms with Crippen LogP contribution in [0.25, 0.3) is 0 Å². The van der Waals surface area contributed by atoms with E-state index in [4.69, 9.17) is 16.3 Å². The van der Waals surface area contributed by atoms with Crippen LogP contribution in [0.2, 0.25) is 5.02 Å². The summed E-state index contributed by atoms with van der Waals surface area (Å²) in [6, 6.07) is 19.1. The highest BCUT2D eigenvalue weighted by Gasteiger charge is 2.25. The van der Waals surface area contributed by atoms with Crippen LogP contribution >= 0.6 is 11.6 Å². The highest BCUT2D eigenvalue weighted by atomic mass is 35.5. The minimum atomic E-state index is -3.85. The second-order valence-corrected chi connectivity index (χ2v) is 13.0. The molecule has 1 atom stereocenters. The Morgan fingerprint density at radius 1 is 0.950 bits per heavy atom. The summed E-state index contributed by atoms with van der Waals surface area (Å²) in [5, 5.41) is 11.3. The molecule has 0 bridgehead atoms. The van der Waals surface area contributed by atoms with Gasteiger partial charge in [0.1, 0.15) is 5.60 Å². The number of carbonyl (C=O) groups excluding carboxylic acids is 2. The normalized spacial score (nSPS) is 12.5. The molecule has 3 rings (SSSR count). The number of ether oxygens (including phenoxy) is 1. The van der Waals surface area contributed by atoms with Crippen molar-refractivity contribution in [2.45, 2.75) is 48.7 Å². The molecule has 0 aliphatic rings. The molecule has 0 saturated heterocycles. The average Bonchev–Trinajstić information content (AvgIpc) is 2.89. The van der Waals surface area contributed by atoms with E-state index < -0.39 is 27.6 Å². The maximum Gasteiger partial charge on any atom is 0.410 e. The Morgan fingerprint density at radius 2 is 1.60 bits per heavy atom. The quantitative estimate of drug-likeness (QED) is 0.361. The summed E-state index contributed by atoms with van der Waals surface area (Å²) in [7, 11) is -0.649. The lowest BCUT2D eigenvalue weighted by Gasteiger charge is -2.29. The minimum Gasteiger partial charge on any atom is -0.444 e. The number of aliphatic hydroxyl groups is 1. The maximum absolute atomic E-state index is 13.2. The van der Waals surface area contributed by atoms with Crippen LogP contribution in [-0.4, -0.2) is 68.1 Å². The van der Waals surface area contributed by atoms with Crippen molar-refractivity contribution in [2.24, 2.45) is 0 Å². The summed E-state index contributed by atoms with van der Waals surface area (Å²) < 4.78 is 32.0. The molecular weight excluding hydrogens is 552 g/mol. The van der Waals surface area contributed by atoms with E-state index in [0.717, 1.165) is 5.56 Å². The fourth-order valence-electron chi connectivity index (χ4n) is 3.90. The fraction of sp³-hybridized carbons (Fsp3) is 0.333. The topological polar surface area (TPSA) is 104 Å². The van der Waals surface area contributed by atoms with Crippen LogP contribution in [0, 0.1) is 0 Å². The predicted octanol–water partition coefficient (Wildman–Crippen LogP) is 5.39. The molecule has 0 spiro atoms. The number of rotatable bonds is 9. The van der Waals surface area contributed by atoms with Gasteiger partial charge < -0.3 is 19.6 Å². The second kappa shape index (κ2) is 12.8. The molecule has 0 aromatic heterocycles. The number of amides is 2. The first-order chi connectivity index (χ1) is 18.7. The van der Waals surface area contributed by atoms with Crippen molar-refractivity contribution in [3.63, 3.8) is 0 Å². The third-order valence-corrected chi connectivity index (χ3v) is 7.98. The number of hydrogen-bond acceptors (Lipinski definition) is 6. The third-order valence-electron chi connectivity index (χ3n) is 5.98. The lowest BCUT2D eigenvalue weighted by Crippen LogP contribution is -2.40. The fourth-order valence-corrected chi connectivity index (χ4v) is 5.41. The van der Waals surface area contributed by atoms with Gasteiger partial charge in [0.2, 0.25) is 9.84 Å². The Labute approximate surface area is 241 Å². The highest BCUT2D eigenvalue weighted by molar-refractivity contribution is 7.91. The predicted molar refractivity (Wildman–Crippen MR) is 154 cm³/mol. The largest absolute Gasteiger partial charge is 0.444 e. The van der Waals surface area contributed by atoms with Crippen LogP contribution in [0.3, 0.4) is 0 Å². The molecule has 0 radical (unpaired) electrons. The zero-order valence-electron chi connectivity index (χ0n) is 23.3. The molecule has 0 aliphatic carbocycles. The molecule has 3 aromatic rings. The molecule has 214 valence electrons. The Kier molecular flexibility index (Phi) is 10.00. The Hall–Kier alpha value is -3.40. The van der Waals surface area contributed by atoms with Crippen molar-refractivity contribution >= 4 is 33.4 Å². The van der Waals surface area contributed by atoms with E-state index in [0.29, 0.717) is 17.0 Å². The molecule has 3 aromatic carbocycles. The van der Waals surface area contributed by atoms with E-state index in [1.807, 2.05) is 0 Å². The van der Waals surface area contributed by atoms with Gasteiger partial charge in [-0.25, -0.2) is 13.2 Å². The van der Waals surface area contributed by atoms with Gasteiger partial charge in [0.05, 0.1) is 22.4 Å². The van der Waals surface area contributed by atoms with Crippen LogP contribution in [0.15, 0.2) is 82.6 Å². The van der Waals surface area contributed by atoms with Gasteiger partial charge in [-0.05, 0) is 80.8 Å². The van der Waals surface area contributed by atoms with E-state index in [1.54, 1.807) is 83.4 Å². The molecule has 0 saturated carbocycles. The van der Waals surface area contributed by atoms with E-state index in [1.165, 1.54) is 34.1 Å².